The Morgan fingerprint density at radius 3 is 3.00 bits per heavy atom. The van der Waals surface area contributed by atoms with E-state index < -0.39 is 0 Å². The monoisotopic (exact) mass is 242 g/mol. The largest absolute Gasteiger partial charge is 0.324 e. The van der Waals surface area contributed by atoms with Crippen LogP contribution in [-0.2, 0) is 19.9 Å². The minimum atomic E-state index is 0.117. The fourth-order valence-electron chi connectivity index (χ4n) is 2.83. The highest BCUT2D eigenvalue weighted by Gasteiger charge is 2.27. The van der Waals surface area contributed by atoms with E-state index >= 15 is 0 Å². The molecule has 1 heterocycles. The number of nitrogens with two attached hydrogens (primary N) is 1. The molecule has 2 N–H and O–H groups in total. The maximum absolute atomic E-state index is 6.40. The van der Waals surface area contributed by atoms with Crippen LogP contribution >= 0.6 is 0 Å². The van der Waals surface area contributed by atoms with E-state index in [2.05, 4.69) is 34.3 Å². The Balaban J connectivity index is 1.83. The second-order valence-corrected chi connectivity index (χ2v) is 5.03. The lowest BCUT2D eigenvalue weighted by Crippen LogP contribution is -2.29. The van der Waals surface area contributed by atoms with Crippen molar-refractivity contribution in [2.75, 3.05) is 0 Å². The Labute approximate surface area is 107 Å². The van der Waals surface area contributed by atoms with Crippen LogP contribution < -0.4 is 5.73 Å². The molecular formula is C14H18N4. The van der Waals surface area contributed by atoms with Gasteiger partial charge in [0.05, 0.1) is 0 Å². The van der Waals surface area contributed by atoms with E-state index in [0.717, 1.165) is 25.1 Å². The van der Waals surface area contributed by atoms with Gasteiger partial charge < -0.3 is 5.73 Å². The van der Waals surface area contributed by atoms with Crippen LogP contribution in [0.2, 0.25) is 0 Å². The zero-order valence-electron chi connectivity index (χ0n) is 10.6. The van der Waals surface area contributed by atoms with Crippen molar-refractivity contribution in [2.45, 2.75) is 25.3 Å². The first-order valence-corrected chi connectivity index (χ1v) is 6.42. The molecule has 2 unspecified atom stereocenters. The highest BCUT2D eigenvalue weighted by atomic mass is 15.3. The summed E-state index contributed by atoms with van der Waals surface area (Å²) in [6, 6.07) is 8.63. The molecule has 0 fully saturated rings. The first kappa shape index (κ1) is 11.4. The second-order valence-electron chi connectivity index (χ2n) is 5.03. The Morgan fingerprint density at radius 2 is 2.22 bits per heavy atom. The summed E-state index contributed by atoms with van der Waals surface area (Å²) in [4.78, 5) is 4.30. The van der Waals surface area contributed by atoms with Crippen LogP contribution in [0.15, 0.2) is 30.6 Å². The number of hydrogen-bond acceptors (Lipinski definition) is 3. The van der Waals surface area contributed by atoms with Gasteiger partial charge in [-0.2, -0.15) is 5.10 Å². The smallest absolute Gasteiger partial charge is 0.138 e. The normalized spacial score (nSPS) is 22.8. The van der Waals surface area contributed by atoms with Gasteiger partial charge in [-0.05, 0) is 29.9 Å². The molecule has 1 aromatic heterocycles. The molecule has 4 heteroatoms. The fraction of sp³-hybridized carbons (Fsp3) is 0.429. The van der Waals surface area contributed by atoms with Crippen molar-refractivity contribution in [3.8, 4) is 0 Å². The van der Waals surface area contributed by atoms with Crippen molar-refractivity contribution in [1.82, 2.24) is 14.8 Å². The van der Waals surface area contributed by atoms with E-state index in [1.807, 2.05) is 11.7 Å². The fourth-order valence-corrected chi connectivity index (χ4v) is 2.83. The molecule has 2 atom stereocenters. The first-order chi connectivity index (χ1) is 8.75. The van der Waals surface area contributed by atoms with Gasteiger partial charge in [0.1, 0.15) is 12.2 Å². The number of benzene rings is 1. The van der Waals surface area contributed by atoms with Gasteiger partial charge in [-0.3, -0.25) is 4.68 Å². The zero-order chi connectivity index (χ0) is 12.5. The average molecular weight is 242 g/mol. The lowest BCUT2D eigenvalue weighted by Gasteiger charge is -2.30. The van der Waals surface area contributed by atoms with Crippen molar-refractivity contribution in [3.63, 3.8) is 0 Å². The molecule has 0 spiro atoms. The molecule has 1 aliphatic rings. The van der Waals surface area contributed by atoms with Crippen LogP contribution in [0.5, 0.6) is 0 Å². The lowest BCUT2D eigenvalue weighted by atomic mass is 9.78. The van der Waals surface area contributed by atoms with Crippen LogP contribution in [0.25, 0.3) is 0 Å². The SMILES string of the molecule is Cn1ncnc1CC1CCc2ccccc2C1N. The number of nitrogens with zero attached hydrogens (tertiary/aromatic N) is 3. The van der Waals surface area contributed by atoms with Crippen LogP contribution in [0, 0.1) is 5.92 Å². The molecule has 0 bridgehead atoms. The van der Waals surface area contributed by atoms with Crippen LogP contribution in [-0.4, -0.2) is 14.8 Å². The molecule has 0 saturated heterocycles. The topological polar surface area (TPSA) is 56.7 Å². The molecule has 1 aromatic carbocycles. The summed E-state index contributed by atoms with van der Waals surface area (Å²) in [5.74, 6) is 1.48. The maximum Gasteiger partial charge on any atom is 0.138 e. The van der Waals surface area contributed by atoms with Gasteiger partial charge in [-0.25, -0.2) is 4.98 Å². The number of aromatic nitrogens is 3. The Morgan fingerprint density at radius 1 is 1.39 bits per heavy atom. The molecule has 4 nitrogen and oxygen atoms in total. The zero-order valence-corrected chi connectivity index (χ0v) is 10.6. The third-order valence-electron chi connectivity index (χ3n) is 3.96. The highest BCUT2D eigenvalue weighted by molar-refractivity contribution is 5.32. The summed E-state index contributed by atoms with van der Waals surface area (Å²) >= 11 is 0. The standard InChI is InChI=1S/C14H18N4/c1-18-13(16-9-17-18)8-11-7-6-10-4-2-3-5-12(10)14(11)15/h2-5,9,11,14H,6-8,15H2,1H3. The number of hydrogen-bond donors (Lipinski definition) is 1. The van der Waals surface area contributed by atoms with Gasteiger partial charge in [0.15, 0.2) is 0 Å². The molecular weight excluding hydrogens is 224 g/mol. The second kappa shape index (κ2) is 4.53. The van der Waals surface area contributed by atoms with Gasteiger partial charge in [0, 0.05) is 19.5 Å². The molecule has 18 heavy (non-hydrogen) atoms. The summed E-state index contributed by atoms with van der Waals surface area (Å²) in [6.45, 7) is 0. The summed E-state index contributed by atoms with van der Waals surface area (Å²) < 4.78 is 1.84. The van der Waals surface area contributed by atoms with E-state index in [4.69, 9.17) is 5.73 Å². The van der Waals surface area contributed by atoms with E-state index in [-0.39, 0.29) is 6.04 Å². The molecule has 0 radical (unpaired) electrons. The van der Waals surface area contributed by atoms with Gasteiger partial charge in [0.2, 0.25) is 0 Å². The summed E-state index contributed by atoms with van der Waals surface area (Å²) in [5.41, 5.74) is 9.10. The predicted octanol–water partition coefficient (Wildman–Crippen LogP) is 1.62. The first-order valence-electron chi connectivity index (χ1n) is 6.42. The molecule has 2 aromatic rings. The number of fused-ring (bicyclic) bond motifs is 1. The van der Waals surface area contributed by atoms with Crippen molar-refractivity contribution >= 4 is 0 Å². The van der Waals surface area contributed by atoms with E-state index in [1.54, 1.807) is 6.33 Å². The highest BCUT2D eigenvalue weighted by Crippen LogP contribution is 2.34. The Hall–Kier alpha value is -1.68. The molecule has 0 amide bonds. The van der Waals surface area contributed by atoms with Crippen LogP contribution in [0.3, 0.4) is 0 Å². The maximum atomic E-state index is 6.40. The van der Waals surface area contributed by atoms with Gasteiger partial charge in [0.25, 0.3) is 0 Å². The van der Waals surface area contributed by atoms with E-state index in [1.165, 1.54) is 11.1 Å². The van der Waals surface area contributed by atoms with Crippen molar-refractivity contribution in [1.29, 1.82) is 0 Å². The number of rotatable bonds is 2. The summed E-state index contributed by atoms with van der Waals surface area (Å²) in [7, 11) is 1.94. The molecule has 94 valence electrons. The van der Waals surface area contributed by atoms with Crippen molar-refractivity contribution < 1.29 is 0 Å². The van der Waals surface area contributed by atoms with Gasteiger partial charge in [-0.15, -0.1) is 0 Å². The third kappa shape index (κ3) is 1.93. The average Bonchev–Trinajstić information content (AvgIpc) is 2.79. The van der Waals surface area contributed by atoms with E-state index in [9.17, 15) is 0 Å². The van der Waals surface area contributed by atoms with Crippen LogP contribution in [0.1, 0.15) is 29.4 Å². The minimum Gasteiger partial charge on any atom is -0.324 e. The number of aryl methyl sites for hydroxylation is 2. The Bertz CT molecular complexity index is 546. The minimum absolute atomic E-state index is 0.117. The Kier molecular flexibility index (Phi) is 2.88. The van der Waals surface area contributed by atoms with Gasteiger partial charge in [-0.1, -0.05) is 24.3 Å². The molecule has 0 saturated carbocycles. The molecule has 3 rings (SSSR count). The molecule has 1 aliphatic carbocycles. The quantitative estimate of drug-likeness (QED) is 0.870. The lowest BCUT2D eigenvalue weighted by molar-refractivity contribution is 0.365. The summed E-state index contributed by atoms with van der Waals surface area (Å²) in [5, 5.41) is 4.12. The predicted molar refractivity (Wildman–Crippen MR) is 69.9 cm³/mol. The van der Waals surface area contributed by atoms with Gasteiger partial charge >= 0.3 is 0 Å². The van der Waals surface area contributed by atoms with E-state index in [0.29, 0.717) is 5.92 Å². The van der Waals surface area contributed by atoms with Crippen LogP contribution in [0.4, 0.5) is 0 Å². The van der Waals surface area contributed by atoms with Crippen molar-refractivity contribution in [2.24, 2.45) is 18.7 Å². The third-order valence-corrected chi connectivity index (χ3v) is 3.96. The summed E-state index contributed by atoms with van der Waals surface area (Å²) in [6.07, 6.45) is 4.76. The molecule has 0 aliphatic heterocycles. The van der Waals surface area contributed by atoms with Crippen molar-refractivity contribution in [3.05, 3.63) is 47.5 Å².